The zero-order valence-electron chi connectivity index (χ0n) is 16.3. The highest BCUT2D eigenvalue weighted by atomic mass is 35.5. The van der Waals surface area contributed by atoms with Gasteiger partial charge >= 0.3 is 12.1 Å². The van der Waals surface area contributed by atoms with Gasteiger partial charge in [0.05, 0.1) is 28.8 Å². The Balaban J connectivity index is 1.83. The number of carboxylic acids is 1. The summed E-state index contributed by atoms with van der Waals surface area (Å²) in [6.45, 7) is 0.843. The minimum atomic E-state index is -4.62. The number of aliphatic carboxylic acids is 1. The molecule has 3 rings (SSSR count). The van der Waals surface area contributed by atoms with Gasteiger partial charge in [-0.25, -0.2) is 0 Å². The molecule has 0 aromatic heterocycles. The quantitative estimate of drug-likeness (QED) is 0.512. The molecule has 0 atom stereocenters. The number of benzene rings is 2. The van der Waals surface area contributed by atoms with Crippen LogP contribution in [0.1, 0.15) is 29.5 Å². The maximum atomic E-state index is 13.4. The second kappa shape index (κ2) is 9.94. The second-order valence-electron chi connectivity index (χ2n) is 7.01. The Morgan fingerprint density at radius 2 is 1.90 bits per heavy atom. The van der Waals surface area contributed by atoms with Gasteiger partial charge < -0.3 is 14.6 Å². The Morgan fingerprint density at radius 3 is 2.58 bits per heavy atom. The number of carbonyl (C=O) groups is 1. The normalized spacial score (nSPS) is 14.6. The molecule has 166 valence electrons. The Labute approximate surface area is 187 Å². The topological polar surface area (TPSA) is 55.8 Å². The van der Waals surface area contributed by atoms with Crippen molar-refractivity contribution < 1.29 is 32.5 Å². The third-order valence-corrected chi connectivity index (χ3v) is 5.61. The zero-order valence-corrected chi connectivity index (χ0v) is 17.8. The minimum Gasteiger partial charge on any atom is -0.489 e. The van der Waals surface area contributed by atoms with Crippen LogP contribution in [0, 0.1) is 0 Å². The third-order valence-electron chi connectivity index (χ3n) is 4.88. The van der Waals surface area contributed by atoms with Crippen molar-refractivity contribution in [3.05, 3.63) is 68.7 Å². The summed E-state index contributed by atoms with van der Waals surface area (Å²) in [5.41, 5.74) is 1.63. The number of aryl methyl sites for hydroxylation is 1. The number of hydrogen-bond donors (Lipinski definition) is 1. The summed E-state index contributed by atoms with van der Waals surface area (Å²) in [4.78, 5) is 10.7. The third kappa shape index (κ3) is 6.15. The molecule has 2 aromatic rings. The van der Waals surface area contributed by atoms with Crippen LogP contribution < -0.4 is 4.74 Å². The molecule has 0 saturated heterocycles. The van der Waals surface area contributed by atoms with Crippen molar-refractivity contribution in [2.24, 2.45) is 0 Å². The van der Waals surface area contributed by atoms with E-state index < -0.39 is 17.7 Å². The van der Waals surface area contributed by atoms with E-state index in [1.165, 1.54) is 12.1 Å². The molecule has 0 radical (unpaired) electrons. The summed E-state index contributed by atoms with van der Waals surface area (Å²) in [5, 5.41) is 9.60. The lowest BCUT2D eigenvalue weighted by atomic mass is 9.96. The summed E-state index contributed by atoms with van der Waals surface area (Å²) in [7, 11) is 0. The monoisotopic (exact) mass is 474 g/mol. The van der Waals surface area contributed by atoms with Crippen LogP contribution in [0.4, 0.5) is 13.2 Å². The van der Waals surface area contributed by atoms with E-state index in [1.54, 1.807) is 12.1 Å². The van der Waals surface area contributed by atoms with Crippen molar-refractivity contribution in [1.29, 1.82) is 0 Å². The number of alkyl halides is 3. The van der Waals surface area contributed by atoms with Gasteiger partial charge in [-0.2, -0.15) is 13.2 Å². The molecule has 0 saturated carbocycles. The van der Waals surface area contributed by atoms with E-state index in [2.05, 4.69) is 0 Å². The zero-order chi connectivity index (χ0) is 22.6. The number of hydrogen-bond acceptors (Lipinski definition) is 3. The Bertz CT molecular complexity index is 1000. The summed E-state index contributed by atoms with van der Waals surface area (Å²) in [6.07, 6.45) is -4.62. The highest BCUT2D eigenvalue weighted by Crippen LogP contribution is 2.36. The van der Waals surface area contributed by atoms with Gasteiger partial charge in [-0.15, -0.1) is 0 Å². The molecule has 1 aliphatic rings. The minimum absolute atomic E-state index is 0.0398. The Hall–Kier alpha value is -2.22. The van der Waals surface area contributed by atoms with Gasteiger partial charge in [0.1, 0.15) is 12.4 Å². The van der Waals surface area contributed by atoms with Gasteiger partial charge in [-0.3, -0.25) is 4.79 Å². The SMILES string of the molecule is O=C(O)CCc1ccc(OCC2=C(c3ccc(Cl)c(Cl)c3)CCOC2)cc1C(F)(F)F. The Morgan fingerprint density at radius 1 is 1.13 bits per heavy atom. The van der Waals surface area contributed by atoms with Crippen molar-refractivity contribution in [3.63, 3.8) is 0 Å². The lowest BCUT2D eigenvalue weighted by molar-refractivity contribution is -0.140. The summed E-state index contributed by atoms with van der Waals surface area (Å²) in [6, 6.07) is 8.82. The fourth-order valence-electron chi connectivity index (χ4n) is 3.33. The summed E-state index contributed by atoms with van der Waals surface area (Å²) in [5.74, 6) is -1.12. The van der Waals surface area contributed by atoms with Crippen molar-refractivity contribution in [2.45, 2.75) is 25.4 Å². The van der Waals surface area contributed by atoms with Crippen LogP contribution >= 0.6 is 23.2 Å². The van der Waals surface area contributed by atoms with Gasteiger partial charge in [0.15, 0.2) is 0 Å². The van der Waals surface area contributed by atoms with Crippen LogP contribution in [0.3, 0.4) is 0 Å². The van der Waals surface area contributed by atoms with Gasteiger partial charge in [0.2, 0.25) is 0 Å². The first-order valence-electron chi connectivity index (χ1n) is 9.44. The van der Waals surface area contributed by atoms with Gasteiger partial charge in [0, 0.05) is 6.42 Å². The fraction of sp³-hybridized carbons (Fsp3) is 0.318. The summed E-state index contributed by atoms with van der Waals surface area (Å²) >= 11 is 12.1. The first kappa shape index (κ1) is 23.4. The van der Waals surface area contributed by atoms with E-state index in [9.17, 15) is 18.0 Å². The first-order valence-corrected chi connectivity index (χ1v) is 10.2. The molecular weight excluding hydrogens is 456 g/mol. The van der Waals surface area contributed by atoms with E-state index in [4.69, 9.17) is 37.8 Å². The lowest BCUT2D eigenvalue weighted by Crippen LogP contribution is -2.17. The maximum absolute atomic E-state index is 13.4. The maximum Gasteiger partial charge on any atom is 0.416 e. The predicted octanol–water partition coefficient (Wildman–Crippen LogP) is 6.28. The van der Waals surface area contributed by atoms with Crippen molar-refractivity contribution >= 4 is 34.7 Å². The number of rotatable bonds is 7. The highest BCUT2D eigenvalue weighted by Gasteiger charge is 2.34. The molecule has 0 aliphatic carbocycles. The van der Waals surface area contributed by atoms with Crippen LogP contribution in [-0.4, -0.2) is 30.9 Å². The average molecular weight is 475 g/mol. The Kier molecular flexibility index (Phi) is 7.51. The lowest BCUT2D eigenvalue weighted by Gasteiger charge is -2.22. The van der Waals surface area contributed by atoms with Crippen LogP contribution in [-0.2, 0) is 22.1 Å². The van der Waals surface area contributed by atoms with Crippen LogP contribution in [0.5, 0.6) is 5.75 Å². The van der Waals surface area contributed by atoms with Crippen molar-refractivity contribution in [3.8, 4) is 5.75 Å². The standard InChI is InChI=1S/C22H19Cl2F3O4/c23-19-5-2-14(9-20(19)24)17-7-8-30-11-15(17)12-31-16-4-1-13(3-6-21(28)29)18(10-16)22(25,26)27/h1-2,4-5,9-10H,3,6-8,11-12H2,(H,28,29). The number of ether oxygens (including phenoxy) is 2. The molecule has 1 N–H and O–H groups in total. The molecule has 0 spiro atoms. The number of carboxylic acid groups (broad SMARTS) is 1. The highest BCUT2D eigenvalue weighted by molar-refractivity contribution is 6.42. The average Bonchev–Trinajstić information content (AvgIpc) is 2.72. The molecule has 0 bridgehead atoms. The molecule has 9 heteroatoms. The van der Waals surface area contributed by atoms with Gasteiger partial charge in [0.25, 0.3) is 0 Å². The van der Waals surface area contributed by atoms with Crippen LogP contribution in [0.2, 0.25) is 10.0 Å². The van der Waals surface area contributed by atoms with Crippen molar-refractivity contribution in [1.82, 2.24) is 0 Å². The smallest absolute Gasteiger partial charge is 0.416 e. The van der Waals surface area contributed by atoms with Crippen molar-refractivity contribution in [2.75, 3.05) is 19.8 Å². The second-order valence-corrected chi connectivity index (χ2v) is 7.83. The predicted molar refractivity (Wildman–Crippen MR) is 112 cm³/mol. The first-order chi connectivity index (χ1) is 14.6. The molecule has 4 nitrogen and oxygen atoms in total. The van der Waals surface area contributed by atoms with E-state index in [1.807, 2.05) is 6.07 Å². The molecule has 1 aliphatic heterocycles. The van der Waals surface area contributed by atoms with E-state index in [0.29, 0.717) is 29.7 Å². The molecule has 0 fully saturated rings. The number of halogens is 5. The summed E-state index contributed by atoms with van der Waals surface area (Å²) < 4.78 is 51.5. The van der Waals surface area contributed by atoms with E-state index >= 15 is 0 Å². The fourth-order valence-corrected chi connectivity index (χ4v) is 3.63. The molecule has 2 aromatic carbocycles. The molecule has 0 unspecified atom stereocenters. The van der Waals surface area contributed by atoms with Gasteiger partial charge in [-0.1, -0.05) is 35.3 Å². The van der Waals surface area contributed by atoms with E-state index in [-0.39, 0.29) is 30.8 Å². The van der Waals surface area contributed by atoms with Gasteiger partial charge in [-0.05, 0) is 59.4 Å². The molecular formula is C22H19Cl2F3O4. The largest absolute Gasteiger partial charge is 0.489 e. The molecule has 0 amide bonds. The van der Waals surface area contributed by atoms with Crippen LogP contribution in [0.15, 0.2) is 42.0 Å². The van der Waals surface area contributed by atoms with Crippen LogP contribution in [0.25, 0.3) is 5.57 Å². The molecule has 31 heavy (non-hydrogen) atoms. The van der Waals surface area contributed by atoms with E-state index in [0.717, 1.165) is 22.8 Å². The molecule has 1 heterocycles.